The van der Waals surface area contributed by atoms with Gasteiger partial charge in [-0.2, -0.15) is 0 Å². The molecule has 1 unspecified atom stereocenters. The molecule has 1 saturated heterocycles. The van der Waals surface area contributed by atoms with E-state index < -0.39 is 0 Å². The number of hydrogen-bond acceptors (Lipinski definition) is 5. The van der Waals surface area contributed by atoms with E-state index in [9.17, 15) is 9.59 Å². The Morgan fingerprint density at radius 1 is 1.23 bits per heavy atom. The van der Waals surface area contributed by atoms with Crippen LogP contribution < -0.4 is 10.6 Å². The van der Waals surface area contributed by atoms with Gasteiger partial charge in [-0.05, 0) is 37.4 Å². The van der Waals surface area contributed by atoms with Gasteiger partial charge < -0.3 is 15.4 Å². The van der Waals surface area contributed by atoms with Gasteiger partial charge in [0.25, 0.3) is 0 Å². The van der Waals surface area contributed by atoms with Crippen LogP contribution in [-0.2, 0) is 14.3 Å². The molecule has 1 heterocycles. The van der Waals surface area contributed by atoms with E-state index in [0.717, 1.165) is 37.3 Å². The molecule has 7 heteroatoms. The van der Waals surface area contributed by atoms with Crippen molar-refractivity contribution in [2.75, 3.05) is 57.7 Å². The van der Waals surface area contributed by atoms with Crippen LogP contribution in [-0.4, -0.2) is 80.1 Å². The van der Waals surface area contributed by atoms with E-state index in [-0.39, 0.29) is 31.0 Å². The Morgan fingerprint density at radius 2 is 1.97 bits per heavy atom. The molecule has 1 aliphatic rings. The van der Waals surface area contributed by atoms with Crippen LogP contribution in [0.25, 0.3) is 0 Å². The number of rotatable bonds is 11. The second-order valence-electron chi connectivity index (χ2n) is 8.52. The minimum atomic E-state index is -0.106. The van der Waals surface area contributed by atoms with E-state index in [2.05, 4.69) is 29.4 Å². The van der Waals surface area contributed by atoms with E-state index in [1.165, 1.54) is 0 Å². The smallest absolute Gasteiger partial charge is 0.238 e. The van der Waals surface area contributed by atoms with Crippen molar-refractivity contribution in [2.45, 2.75) is 40.2 Å². The van der Waals surface area contributed by atoms with Crippen LogP contribution in [0, 0.1) is 12.8 Å². The highest BCUT2D eigenvalue weighted by Crippen LogP contribution is 2.13. The Hall–Kier alpha value is -1.96. The Morgan fingerprint density at radius 3 is 2.67 bits per heavy atom. The number of nitrogens with one attached hydrogen (secondary N) is 2. The van der Waals surface area contributed by atoms with Gasteiger partial charge in [0.2, 0.25) is 11.8 Å². The number of nitrogens with zero attached hydrogens (tertiary/aromatic N) is 2. The van der Waals surface area contributed by atoms with E-state index >= 15 is 0 Å². The average Bonchev–Trinajstić information content (AvgIpc) is 2.68. The van der Waals surface area contributed by atoms with Gasteiger partial charge in [0.05, 0.1) is 25.8 Å². The second-order valence-corrected chi connectivity index (χ2v) is 8.52. The van der Waals surface area contributed by atoms with Crippen LogP contribution in [0.2, 0.25) is 0 Å². The molecule has 0 radical (unpaired) electrons. The summed E-state index contributed by atoms with van der Waals surface area (Å²) < 4.78 is 5.80. The zero-order valence-corrected chi connectivity index (χ0v) is 18.9. The number of hydrogen-bond donors (Lipinski definition) is 2. The van der Waals surface area contributed by atoms with Crippen LogP contribution in [0.5, 0.6) is 0 Å². The molecular weight excluding hydrogens is 380 g/mol. The maximum Gasteiger partial charge on any atom is 0.238 e. The van der Waals surface area contributed by atoms with Gasteiger partial charge in [-0.15, -0.1) is 0 Å². The Balaban J connectivity index is 1.77. The van der Waals surface area contributed by atoms with Gasteiger partial charge in [0.15, 0.2) is 0 Å². The van der Waals surface area contributed by atoms with Crippen molar-refractivity contribution in [3.05, 3.63) is 29.8 Å². The van der Waals surface area contributed by atoms with Crippen molar-refractivity contribution < 1.29 is 14.3 Å². The Labute approximate surface area is 181 Å². The summed E-state index contributed by atoms with van der Waals surface area (Å²) in [5, 5.41) is 5.92. The maximum absolute atomic E-state index is 12.5. The third-order valence-electron chi connectivity index (χ3n) is 5.07. The zero-order valence-electron chi connectivity index (χ0n) is 18.9. The summed E-state index contributed by atoms with van der Waals surface area (Å²) in [7, 11) is 0. The van der Waals surface area contributed by atoms with Crippen LogP contribution in [0.1, 0.15) is 32.8 Å². The van der Waals surface area contributed by atoms with Gasteiger partial charge in [-0.25, -0.2) is 0 Å². The molecule has 1 aliphatic heterocycles. The molecular formula is C23H38N4O3. The molecule has 1 aromatic rings. The highest BCUT2D eigenvalue weighted by Gasteiger charge is 2.22. The molecule has 0 aromatic heterocycles. The van der Waals surface area contributed by atoms with Crippen molar-refractivity contribution >= 4 is 17.5 Å². The number of aryl methyl sites for hydroxylation is 1. The average molecular weight is 419 g/mol. The SMILES string of the molecule is CCCN(CC(=O)NCC1CN(CC(C)C)CCO1)CC(=O)Nc1ccccc1C. The number of morpholine rings is 1. The first-order valence-corrected chi connectivity index (χ1v) is 11.1. The Bertz CT molecular complexity index is 680. The van der Waals surface area contributed by atoms with Crippen LogP contribution >= 0.6 is 0 Å². The topological polar surface area (TPSA) is 73.9 Å². The third kappa shape index (κ3) is 8.81. The molecule has 168 valence electrons. The number of anilines is 1. The van der Waals surface area contributed by atoms with Crippen molar-refractivity contribution in [1.29, 1.82) is 0 Å². The van der Waals surface area contributed by atoms with Gasteiger partial charge in [0.1, 0.15) is 0 Å². The molecule has 1 atom stereocenters. The Kier molecular flexibility index (Phi) is 10.3. The summed E-state index contributed by atoms with van der Waals surface area (Å²) in [6, 6.07) is 7.69. The van der Waals surface area contributed by atoms with Gasteiger partial charge >= 0.3 is 0 Å². The zero-order chi connectivity index (χ0) is 21.9. The van der Waals surface area contributed by atoms with Gasteiger partial charge in [-0.3, -0.25) is 19.4 Å². The second kappa shape index (κ2) is 12.7. The summed E-state index contributed by atoms with van der Waals surface area (Å²) in [5.74, 6) is 0.439. The maximum atomic E-state index is 12.5. The van der Waals surface area contributed by atoms with Crippen LogP contribution in [0.4, 0.5) is 5.69 Å². The predicted octanol–water partition coefficient (Wildman–Crippen LogP) is 2.12. The van der Waals surface area contributed by atoms with Crippen LogP contribution in [0.3, 0.4) is 0 Å². The largest absolute Gasteiger partial charge is 0.374 e. The lowest BCUT2D eigenvalue weighted by Gasteiger charge is -2.34. The molecule has 0 aliphatic carbocycles. The van der Waals surface area contributed by atoms with Crippen molar-refractivity contribution in [2.24, 2.45) is 5.92 Å². The molecule has 2 amide bonds. The molecule has 2 rings (SSSR count). The number of para-hydroxylation sites is 1. The molecule has 2 N–H and O–H groups in total. The van der Waals surface area contributed by atoms with E-state index in [1.54, 1.807) is 0 Å². The normalized spacial score (nSPS) is 17.3. The first kappa shape index (κ1) is 24.3. The van der Waals surface area contributed by atoms with Crippen molar-refractivity contribution in [3.8, 4) is 0 Å². The highest BCUT2D eigenvalue weighted by molar-refractivity contribution is 5.93. The number of carbonyl (C=O) groups is 2. The molecule has 1 aromatic carbocycles. The minimum Gasteiger partial charge on any atom is -0.374 e. The van der Waals surface area contributed by atoms with Crippen LogP contribution in [0.15, 0.2) is 24.3 Å². The lowest BCUT2D eigenvalue weighted by molar-refractivity contribution is -0.124. The minimum absolute atomic E-state index is 0.0189. The first-order chi connectivity index (χ1) is 14.4. The number of benzene rings is 1. The summed E-state index contributed by atoms with van der Waals surface area (Å²) in [4.78, 5) is 29.2. The quantitative estimate of drug-likeness (QED) is 0.576. The molecule has 0 spiro atoms. The van der Waals surface area contributed by atoms with E-state index in [4.69, 9.17) is 4.74 Å². The number of carbonyl (C=O) groups excluding carboxylic acids is 2. The van der Waals surface area contributed by atoms with E-state index in [1.807, 2.05) is 43.0 Å². The molecule has 30 heavy (non-hydrogen) atoms. The monoisotopic (exact) mass is 418 g/mol. The number of ether oxygens (including phenoxy) is 1. The predicted molar refractivity (Wildman–Crippen MR) is 121 cm³/mol. The fraction of sp³-hybridized carbons (Fsp3) is 0.652. The molecule has 0 bridgehead atoms. The lowest BCUT2D eigenvalue weighted by atomic mass is 10.2. The van der Waals surface area contributed by atoms with Crippen molar-refractivity contribution in [1.82, 2.24) is 15.1 Å². The fourth-order valence-electron chi connectivity index (χ4n) is 3.71. The molecule has 0 saturated carbocycles. The van der Waals surface area contributed by atoms with Gasteiger partial charge in [-0.1, -0.05) is 39.0 Å². The summed E-state index contributed by atoms with van der Waals surface area (Å²) in [5.41, 5.74) is 1.83. The van der Waals surface area contributed by atoms with Gasteiger partial charge in [0, 0.05) is 31.9 Å². The summed E-state index contributed by atoms with van der Waals surface area (Å²) in [6.45, 7) is 13.6. The summed E-state index contributed by atoms with van der Waals surface area (Å²) >= 11 is 0. The van der Waals surface area contributed by atoms with E-state index in [0.29, 0.717) is 25.6 Å². The first-order valence-electron chi connectivity index (χ1n) is 11.1. The number of amides is 2. The standard InChI is InChI=1S/C23H38N4O3/c1-5-10-26(17-23(29)25-21-9-7-6-8-19(21)4)16-22(28)24-13-20-15-27(11-12-30-20)14-18(2)3/h6-9,18,20H,5,10-17H2,1-4H3,(H,24,28)(H,25,29). The lowest BCUT2D eigenvalue weighted by Crippen LogP contribution is -2.49. The molecule has 1 fully saturated rings. The third-order valence-corrected chi connectivity index (χ3v) is 5.07. The van der Waals surface area contributed by atoms with Crippen molar-refractivity contribution in [3.63, 3.8) is 0 Å². The summed E-state index contributed by atoms with van der Waals surface area (Å²) in [6.07, 6.45) is 0.895. The highest BCUT2D eigenvalue weighted by atomic mass is 16.5. The molecule has 7 nitrogen and oxygen atoms in total. The fourth-order valence-corrected chi connectivity index (χ4v) is 3.71.